The number of methoxy groups -OCH3 is 1. The Morgan fingerprint density at radius 3 is 1.96 bits per heavy atom. The molecule has 246 valence electrons. The third-order valence-electron chi connectivity index (χ3n) is 8.59. The van der Waals surface area contributed by atoms with Crippen molar-refractivity contribution in [1.29, 1.82) is 0 Å². The zero-order valence-electron chi connectivity index (χ0n) is 26.9. The van der Waals surface area contributed by atoms with Crippen LogP contribution in [0.25, 0.3) is 0 Å². The monoisotopic (exact) mass is 653 g/mol. The Balaban J connectivity index is 1.32. The fraction of sp³-hybridized carbons (Fsp3) is 0.316. The van der Waals surface area contributed by atoms with Crippen molar-refractivity contribution in [3.63, 3.8) is 0 Å². The molecule has 1 N–H and O–H groups in total. The number of carbonyl (C=O) groups excluding carboxylic acids is 2. The highest BCUT2D eigenvalue weighted by Crippen LogP contribution is 2.22. The van der Waals surface area contributed by atoms with Crippen LogP contribution in [-0.4, -0.2) is 62.2 Å². The van der Waals surface area contributed by atoms with Crippen LogP contribution in [0.1, 0.15) is 41.5 Å². The van der Waals surface area contributed by atoms with Gasteiger partial charge in [0.1, 0.15) is 11.8 Å². The van der Waals surface area contributed by atoms with Crippen LogP contribution < -0.4 is 10.1 Å². The fourth-order valence-electron chi connectivity index (χ4n) is 5.87. The first-order chi connectivity index (χ1) is 22.8. The van der Waals surface area contributed by atoms with E-state index in [0.717, 1.165) is 40.8 Å². The maximum Gasteiger partial charge on any atom is 0.243 e. The van der Waals surface area contributed by atoms with Gasteiger partial charge in [0.05, 0.1) is 12.0 Å². The van der Waals surface area contributed by atoms with Gasteiger partial charge in [-0.15, -0.1) is 0 Å². The highest BCUT2D eigenvalue weighted by molar-refractivity contribution is 7.89. The Labute approximate surface area is 278 Å². The second-order valence-corrected chi connectivity index (χ2v) is 13.8. The lowest BCUT2D eigenvalue weighted by Crippen LogP contribution is -2.50. The highest BCUT2D eigenvalue weighted by Gasteiger charge is 2.30. The number of sulfonamides is 1. The smallest absolute Gasteiger partial charge is 0.243 e. The van der Waals surface area contributed by atoms with Gasteiger partial charge < -0.3 is 15.0 Å². The molecule has 0 bridgehead atoms. The minimum atomic E-state index is -3.51. The lowest BCUT2D eigenvalue weighted by atomic mass is 10.0. The van der Waals surface area contributed by atoms with Gasteiger partial charge in [0.15, 0.2) is 0 Å². The molecule has 5 rings (SSSR count). The number of hydrogen-bond acceptors (Lipinski definition) is 5. The van der Waals surface area contributed by atoms with Gasteiger partial charge in [0, 0.05) is 39.0 Å². The molecule has 1 fully saturated rings. The number of ether oxygens (including phenoxy) is 1. The number of benzene rings is 4. The van der Waals surface area contributed by atoms with Gasteiger partial charge in [-0.2, -0.15) is 4.31 Å². The van der Waals surface area contributed by atoms with Crippen LogP contribution >= 0.6 is 0 Å². The molecule has 1 aliphatic rings. The molecule has 0 spiro atoms. The Morgan fingerprint density at radius 1 is 0.766 bits per heavy atom. The van der Waals surface area contributed by atoms with Crippen LogP contribution in [-0.2, 0) is 45.4 Å². The van der Waals surface area contributed by atoms with Gasteiger partial charge in [-0.25, -0.2) is 8.42 Å². The fourth-order valence-corrected chi connectivity index (χ4v) is 7.39. The van der Waals surface area contributed by atoms with Gasteiger partial charge in [-0.05, 0) is 72.2 Å². The molecular formula is C38H43N3O5S. The summed E-state index contributed by atoms with van der Waals surface area (Å²) < 4.78 is 32.7. The maximum absolute atomic E-state index is 14.0. The van der Waals surface area contributed by atoms with E-state index >= 15 is 0 Å². The van der Waals surface area contributed by atoms with E-state index < -0.39 is 16.1 Å². The van der Waals surface area contributed by atoms with Crippen LogP contribution in [0.2, 0.25) is 0 Å². The van der Waals surface area contributed by atoms with Crippen LogP contribution in [0.5, 0.6) is 5.75 Å². The zero-order chi connectivity index (χ0) is 33.1. The molecule has 0 aromatic heterocycles. The van der Waals surface area contributed by atoms with Crippen LogP contribution in [0.15, 0.2) is 114 Å². The predicted octanol–water partition coefficient (Wildman–Crippen LogP) is 5.41. The second kappa shape index (κ2) is 16.4. The summed E-state index contributed by atoms with van der Waals surface area (Å²) in [5.74, 6) is 0.427. The van der Waals surface area contributed by atoms with Crippen molar-refractivity contribution in [3.8, 4) is 5.75 Å². The van der Waals surface area contributed by atoms with Crippen molar-refractivity contribution in [1.82, 2.24) is 14.5 Å². The molecular weight excluding hydrogens is 611 g/mol. The van der Waals surface area contributed by atoms with Gasteiger partial charge in [-0.3, -0.25) is 9.59 Å². The summed E-state index contributed by atoms with van der Waals surface area (Å²) >= 11 is 0. The number of amides is 2. The SMILES string of the molecule is COc1ccc(CCNC(=O)[C@@H](Cc2ccccc2)N(Cc2ccccc2)C(=O)CCc2ccc(S(=O)(=O)N3CCCC3)cc2)cc1. The summed E-state index contributed by atoms with van der Waals surface area (Å²) in [6.45, 7) is 1.82. The molecule has 0 saturated carbocycles. The minimum Gasteiger partial charge on any atom is -0.497 e. The Kier molecular flexibility index (Phi) is 11.8. The molecule has 8 nitrogen and oxygen atoms in total. The van der Waals surface area contributed by atoms with E-state index in [-0.39, 0.29) is 29.7 Å². The predicted molar refractivity (Wildman–Crippen MR) is 183 cm³/mol. The number of nitrogens with one attached hydrogen (secondary N) is 1. The summed E-state index contributed by atoms with van der Waals surface area (Å²) in [6.07, 6.45) is 3.37. The summed E-state index contributed by atoms with van der Waals surface area (Å²) in [5.41, 5.74) is 3.83. The van der Waals surface area contributed by atoms with Crippen LogP contribution in [0.3, 0.4) is 0 Å². The highest BCUT2D eigenvalue weighted by atomic mass is 32.2. The van der Waals surface area contributed by atoms with Gasteiger partial charge in [-0.1, -0.05) is 84.9 Å². The number of nitrogens with zero attached hydrogens (tertiary/aromatic N) is 2. The van der Waals surface area contributed by atoms with E-state index in [9.17, 15) is 18.0 Å². The normalized spacial score (nSPS) is 14.0. The quantitative estimate of drug-likeness (QED) is 0.185. The second-order valence-electron chi connectivity index (χ2n) is 11.9. The Hall–Kier alpha value is -4.47. The molecule has 1 atom stereocenters. The first-order valence-electron chi connectivity index (χ1n) is 16.2. The first kappa shape index (κ1) is 33.9. The Bertz CT molecular complexity index is 1690. The van der Waals surface area contributed by atoms with E-state index in [4.69, 9.17) is 4.74 Å². The van der Waals surface area contributed by atoms with Crippen LogP contribution in [0, 0.1) is 0 Å². The van der Waals surface area contributed by atoms with Crippen molar-refractivity contribution in [2.75, 3.05) is 26.7 Å². The summed E-state index contributed by atoms with van der Waals surface area (Å²) in [6, 6.07) is 33.3. The van der Waals surface area contributed by atoms with Crippen LogP contribution in [0.4, 0.5) is 0 Å². The largest absolute Gasteiger partial charge is 0.497 e. The standard InChI is InChI=1S/C38H43N3O5S/c1-46-34-19-14-31(15-20-34)24-25-39-38(43)36(28-32-10-4-2-5-11-32)41(29-33-12-6-3-7-13-33)37(42)23-18-30-16-21-35(22-17-30)47(44,45)40-26-8-9-27-40/h2-7,10-17,19-22,36H,8-9,18,23-29H2,1H3,(H,39,43)/t36-/m1/s1. The first-order valence-corrected chi connectivity index (χ1v) is 17.6. The summed E-state index contributed by atoms with van der Waals surface area (Å²) in [5, 5.41) is 3.09. The molecule has 1 aliphatic heterocycles. The number of carbonyl (C=O) groups is 2. The molecule has 9 heteroatoms. The molecule has 2 amide bonds. The van der Waals surface area contributed by atoms with Crippen molar-refractivity contribution >= 4 is 21.8 Å². The van der Waals surface area contributed by atoms with Crippen molar-refractivity contribution in [2.45, 2.75) is 56.0 Å². The topological polar surface area (TPSA) is 96.0 Å². The third kappa shape index (κ3) is 9.30. The number of hydrogen-bond donors (Lipinski definition) is 1. The third-order valence-corrected chi connectivity index (χ3v) is 10.5. The van der Waals surface area contributed by atoms with Crippen molar-refractivity contribution in [3.05, 3.63) is 131 Å². The van der Waals surface area contributed by atoms with E-state index in [0.29, 0.717) is 38.9 Å². The lowest BCUT2D eigenvalue weighted by molar-refractivity contribution is -0.141. The zero-order valence-corrected chi connectivity index (χ0v) is 27.7. The Morgan fingerprint density at radius 2 is 1.34 bits per heavy atom. The number of rotatable bonds is 15. The summed E-state index contributed by atoms with van der Waals surface area (Å²) in [4.78, 5) is 29.9. The maximum atomic E-state index is 14.0. The number of aryl methyl sites for hydroxylation is 1. The van der Waals surface area contributed by atoms with Gasteiger partial charge in [0.25, 0.3) is 0 Å². The average Bonchev–Trinajstić information content (AvgIpc) is 3.67. The minimum absolute atomic E-state index is 0.145. The average molecular weight is 654 g/mol. The lowest BCUT2D eigenvalue weighted by Gasteiger charge is -2.31. The molecule has 1 heterocycles. The van der Waals surface area contributed by atoms with E-state index in [1.165, 1.54) is 4.31 Å². The van der Waals surface area contributed by atoms with E-state index in [1.807, 2.05) is 84.9 Å². The van der Waals surface area contributed by atoms with Gasteiger partial charge >= 0.3 is 0 Å². The molecule has 0 aliphatic carbocycles. The van der Waals surface area contributed by atoms with Gasteiger partial charge in [0.2, 0.25) is 21.8 Å². The van der Waals surface area contributed by atoms with E-state index in [1.54, 1.807) is 36.3 Å². The molecule has 4 aromatic rings. The van der Waals surface area contributed by atoms with Crippen molar-refractivity contribution in [2.24, 2.45) is 0 Å². The molecule has 47 heavy (non-hydrogen) atoms. The summed E-state index contributed by atoms with van der Waals surface area (Å²) in [7, 11) is -1.88. The van der Waals surface area contributed by atoms with Crippen molar-refractivity contribution < 1.29 is 22.7 Å². The molecule has 0 radical (unpaired) electrons. The van der Waals surface area contributed by atoms with E-state index in [2.05, 4.69) is 5.32 Å². The molecule has 4 aromatic carbocycles. The molecule has 0 unspecified atom stereocenters. The molecule has 1 saturated heterocycles.